The van der Waals surface area contributed by atoms with Gasteiger partial charge < -0.3 is 23.9 Å². The van der Waals surface area contributed by atoms with E-state index in [9.17, 15) is 9.59 Å². The number of hydrogen-bond donors (Lipinski definition) is 1. The molecule has 1 aromatic carbocycles. The minimum atomic E-state index is -1.51. The third kappa shape index (κ3) is 1.89. The summed E-state index contributed by atoms with van der Waals surface area (Å²) in [4.78, 5) is 23.1. The van der Waals surface area contributed by atoms with E-state index in [1.807, 2.05) is 4.57 Å². The average molecular weight is 289 g/mol. The molecule has 1 saturated carbocycles. The molecule has 2 heterocycles. The third-order valence-corrected chi connectivity index (χ3v) is 3.63. The zero-order valence-corrected chi connectivity index (χ0v) is 10.9. The van der Waals surface area contributed by atoms with Gasteiger partial charge in [-0.25, -0.2) is 4.79 Å². The predicted octanol–water partition coefficient (Wildman–Crippen LogP) is 2.12. The highest BCUT2D eigenvalue weighted by Gasteiger charge is 2.28. The zero-order valence-electron chi connectivity index (χ0n) is 10.9. The Morgan fingerprint density at radius 1 is 1.29 bits per heavy atom. The zero-order chi connectivity index (χ0) is 14.6. The van der Waals surface area contributed by atoms with Crippen molar-refractivity contribution in [2.75, 3.05) is 6.79 Å². The minimum absolute atomic E-state index is 0.113. The molecule has 2 aliphatic rings. The summed E-state index contributed by atoms with van der Waals surface area (Å²) >= 11 is 0. The molecule has 0 amide bonds. The molecule has 4 rings (SSSR count). The van der Waals surface area contributed by atoms with Gasteiger partial charge in [-0.1, -0.05) is 0 Å². The summed E-state index contributed by atoms with van der Waals surface area (Å²) in [6, 6.07) is 3.58. The third-order valence-electron chi connectivity index (χ3n) is 3.63. The molecule has 2 aromatic rings. The number of carboxylic acid groups (broad SMARTS) is 1. The lowest BCUT2D eigenvalue weighted by atomic mass is 10.1. The molecule has 7 heteroatoms. The second-order valence-electron chi connectivity index (χ2n) is 5.05. The molecule has 0 unspecified atom stereocenters. The number of benzene rings is 1. The van der Waals surface area contributed by atoms with E-state index in [2.05, 4.69) is 4.74 Å². The Kier molecular flexibility index (Phi) is 2.38. The van der Waals surface area contributed by atoms with Gasteiger partial charge in [-0.15, -0.1) is 0 Å². The van der Waals surface area contributed by atoms with Crippen molar-refractivity contribution in [3.63, 3.8) is 0 Å². The number of carbonyl (C=O) groups is 1. The molecule has 1 N–H and O–H groups in total. The Hall–Kier alpha value is -2.70. The van der Waals surface area contributed by atoms with E-state index >= 15 is 0 Å². The summed E-state index contributed by atoms with van der Waals surface area (Å²) in [5.41, 5.74) is 0.229. The van der Waals surface area contributed by atoms with Crippen molar-refractivity contribution >= 4 is 17.1 Å². The standard InChI is InChI=1S/C14H11NO6/c16-13-8-3-10-11(20-6-19-10)4-9(8)15(7-1-2-7)5-12(13)21-14(17)18/h3-5,7H,1-2,6H2,(H,17,18). The van der Waals surface area contributed by atoms with Crippen LogP contribution in [0.5, 0.6) is 17.2 Å². The highest BCUT2D eigenvalue weighted by atomic mass is 16.7. The van der Waals surface area contributed by atoms with Crippen LogP contribution in [0, 0.1) is 0 Å². The Balaban J connectivity index is 2.01. The van der Waals surface area contributed by atoms with Gasteiger partial charge in [-0.3, -0.25) is 4.79 Å². The molecule has 0 atom stereocenters. The van der Waals surface area contributed by atoms with Crippen LogP contribution in [-0.2, 0) is 0 Å². The lowest BCUT2D eigenvalue weighted by Gasteiger charge is -2.12. The van der Waals surface area contributed by atoms with E-state index in [0.717, 1.165) is 12.8 Å². The van der Waals surface area contributed by atoms with Crippen molar-refractivity contribution in [3.05, 3.63) is 28.6 Å². The Morgan fingerprint density at radius 3 is 2.67 bits per heavy atom. The number of fused-ring (bicyclic) bond motifs is 2. The van der Waals surface area contributed by atoms with Crippen LogP contribution in [0.1, 0.15) is 18.9 Å². The highest BCUT2D eigenvalue weighted by Crippen LogP contribution is 2.41. The quantitative estimate of drug-likeness (QED) is 0.852. The van der Waals surface area contributed by atoms with Crippen LogP contribution >= 0.6 is 0 Å². The molecule has 0 spiro atoms. The molecular formula is C14H11NO6. The summed E-state index contributed by atoms with van der Waals surface area (Å²) in [6.07, 6.45) is 1.92. The van der Waals surface area contributed by atoms with Crippen LogP contribution in [-0.4, -0.2) is 22.6 Å². The van der Waals surface area contributed by atoms with Gasteiger partial charge in [0.15, 0.2) is 17.2 Å². The molecule has 1 fully saturated rings. The van der Waals surface area contributed by atoms with Crippen LogP contribution in [0.15, 0.2) is 23.1 Å². The summed E-state index contributed by atoms with van der Waals surface area (Å²) in [5.74, 6) is 0.874. The fraction of sp³-hybridized carbons (Fsp3) is 0.286. The fourth-order valence-electron chi connectivity index (χ4n) is 2.54. The fourth-order valence-corrected chi connectivity index (χ4v) is 2.54. The van der Waals surface area contributed by atoms with Gasteiger partial charge in [0.2, 0.25) is 12.2 Å². The normalized spacial score (nSPS) is 16.2. The summed E-state index contributed by atoms with van der Waals surface area (Å²) in [5, 5.41) is 9.11. The first-order valence-electron chi connectivity index (χ1n) is 6.53. The van der Waals surface area contributed by atoms with Gasteiger partial charge >= 0.3 is 6.16 Å². The van der Waals surface area contributed by atoms with Gasteiger partial charge in [-0.2, -0.15) is 0 Å². The maximum atomic E-state index is 12.4. The van der Waals surface area contributed by atoms with Crippen molar-refractivity contribution in [2.45, 2.75) is 18.9 Å². The number of rotatable bonds is 2. The largest absolute Gasteiger partial charge is 0.511 e. The minimum Gasteiger partial charge on any atom is -0.454 e. The van der Waals surface area contributed by atoms with Crippen LogP contribution in [0.4, 0.5) is 4.79 Å². The smallest absolute Gasteiger partial charge is 0.454 e. The topological polar surface area (TPSA) is 87.0 Å². The van der Waals surface area contributed by atoms with E-state index in [-0.39, 0.29) is 18.6 Å². The second-order valence-corrected chi connectivity index (χ2v) is 5.05. The molecule has 0 saturated heterocycles. The summed E-state index contributed by atoms with van der Waals surface area (Å²) < 4.78 is 17.1. The molecule has 7 nitrogen and oxygen atoms in total. The van der Waals surface area contributed by atoms with E-state index in [1.54, 1.807) is 12.1 Å². The van der Waals surface area contributed by atoms with Gasteiger partial charge in [0.1, 0.15) is 0 Å². The molecule has 108 valence electrons. The average Bonchev–Trinajstić information content (AvgIpc) is 3.18. The number of aromatic nitrogens is 1. The molecule has 0 radical (unpaired) electrons. The Morgan fingerprint density at radius 2 is 2.00 bits per heavy atom. The SMILES string of the molecule is O=C(O)Oc1cn(C2CC2)c2cc3c(cc2c1=O)OCO3. The highest BCUT2D eigenvalue weighted by molar-refractivity contribution is 5.85. The van der Waals surface area contributed by atoms with Gasteiger partial charge in [0.25, 0.3) is 0 Å². The maximum absolute atomic E-state index is 12.4. The van der Waals surface area contributed by atoms with Gasteiger partial charge in [-0.05, 0) is 18.9 Å². The first-order chi connectivity index (χ1) is 10.1. The van der Waals surface area contributed by atoms with Gasteiger partial charge in [0.05, 0.1) is 17.1 Å². The van der Waals surface area contributed by atoms with Gasteiger partial charge in [0, 0.05) is 12.1 Å². The number of ether oxygens (including phenoxy) is 3. The molecule has 1 aromatic heterocycles. The lowest BCUT2D eigenvalue weighted by molar-refractivity contribution is 0.143. The second kappa shape index (κ2) is 4.15. The van der Waals surface area contributed by atoms with Crippen molar-refractivity contribution in [1.82, 2.24) is 4.57 Å². The van der Waals surface area contributed by atoms with Crippen molar-refractivity contribution in [1.29, 1.82) is 0 Å². The first kappa shape index (κ1) is 12.1. The number of nitrogens with zero attached hydrogens (tertiary/aromatic N) is 1. The number of hydrogen-bond acceptors (Lipinski definition) is 5. The van der Waals surface area contributed by atoms with E-state index in [0.29, 0.717) is 22.4 Å². The molecule has 1 aliphatic carbocycles. The van der Waals surface area contributed by atoms with Crippen LogP contribution in [0.2, 0.25) is 0 Å². The van der Waals surface area contributed by atoms with E-state index < -0.39 is 11.6 Å². The molecule has 21 heavy (non-hydrogen) atoms. The van der Waals surface area contributed by atoms with E-state index in [4.69, 9.17) is 14.6 Å². The van der Waals surface area contributed by atoms with Crippen molar-refractivity contribution in [2.24, 2.45) is 0 Å². The Bertz CT molecular complexity index is 820. The van der Waals surface area contributed by atoms with Crippen LogP contribution in [0.3, 0.4) is 0 Å². The van der Waals surface area contributed by atoms with E-state index in [1.165, 1.54) is 6.20 Å². The van der Waals surface area contributed by atoms with Crippen molar-refractivity contribution in [3.8, 4) is 17.2 Å². The monoisotopic (exact) mass is 289 g/mol. The predicted molar refractivity (Wildman–Crippen MR) is 71.3 cm³/mol. The van der Waals surface area contributed by atoms with Crippen molar-refractivity contribution < 1.29 is 24.1 Å². The molecular weight excluding hydrogens is 278 g/mol. The first-order valence-corrected chi connectivity index (χ1v) is 6.53. The Labute approximate surface area is 118 Å². The lowest BCUT2D eigenvalue weighted by Crippen LogP contribution is -2.16. The molecule has 1 aliphatic heterocycles. The maximum Gasteiger partial charge on any atom is 0.511 e. The van der Waals surface area contributed by atoms with Crippen LogP contribution in [0.25, 0.3) is 10.9 Å². The molecule has 0 bridgehead atoms. The summed E-state index contributed by atoms with van der Waals surface area (Å²) in [7, 11) is 0. The van der Waals surface area contributed by atoms with Crippen LogP contribution < -0.4 is 19.6 Å². The number of pyridine rings is 1. The summed E-state index contributed by atoms with van der Waals surface area (Å²) in [6.45, 7) is 0.113.